The molecule has 5 aromatic rings. The molecule has 0 bridgehead atoms. The first-order valence-corrected chi connectivity index (χ1v) is 21.2. The number of para-hydroxylation sites is 1. The summed E-state index contributed by atoms with van der Waals surface area (Å²) in [6, 6.07) is 13.6. The monoisotopic (exact) mass is 806 g/mol. The predicted molar refractivity (Wildman–Crippen MR) is 220 cm³/mol. The second-order valence-electron chi connectivity index (χ2n) is 17.8. The van der Waals surface area contributed by atoms with Crippen LogP contribution >= 0.6 is 0 Å². The van der Waals surface area contributed by atoms with Crippen molar-refractivity contribution in [2.75, 3.05) is 25.0 Å². The van der Waals surface area contributed by atoms with Crippen LogP contribution in [0.5, 0.6) is 0 Å². The number of halogens is 2. The Morgan fingerprint density at radius 2 is 1.75 bits per heavy atom. The average molecular weight is 807 g/mol. The molecule has 2 saturated carbocycles. The number of pyridine rings is 1. The Hall–Kier alpha value is -5.24. The van der Waals surface area contributed by atoms with E-state index in [-0.39, 0.29) is 41.0 Å². The molecule has 9 rings (SSSR count). The van der Waals surface area contributed by atoms with Gasteiger partial charge in [-0.1, -0.05) is 18.2 Å². The van der Waals surface area contributed by atoms with Gasteiger partial charge >= 0.3 is 5.69 Å². The second-order valence-corrected chi connectivity index (χ2v) is 17.8. The molecule has 2 N–H and O–H groups in total. The number of nitrogens with zero attached hydrogens (tertiary/aromatic N) is 6. The van der Waals surface area contributed by atoms with Crippen LogP contribution < -0.4 is 16.3 Å². The number of aromatic nitrogens is 5. The van der Waals surface area contributed by atoms with Gasteiger partial charge in [0.15, 0.2) is 0 Å². The van der Waals surface area contributed by atoms with Gasteiger partial charge < -0.3 is 10.2 Å². The van der Waals surface area contributed by atoms with Gasteiger partial charge in [0.05, 0.1) is 28.3 Å². The summed E-state index contributed by atoms with van der Waals surface area (Å²) in [6.45, 7) is 5.16. The molecule has 1 spiro atoms. The van der Waals surface area contributed by atoms with Gasteiger partial charge in [0.25, 0.3) is 12.3 Å². The summed E-state index contributed by atoms with van der Waals surface area (Å²) in [4.78, 5) is 57.5. The third-order valence-corrected chi connectivity index (χ3v) is 13.9. The molecule has 5 heterocycles. The van der Waals surface area contributed by atoms with Crippen molar-refractivity contribution in [3.63, 3.8) is 0 Å². The summed E-state index contributed by atoms with van der Waals surface area (Å²) in [6.07, 6.45) is 10.9. The fourth-order valence-electron chi connectivity index (χ4n) is 10.7. The summed E-state index contributed by atoms with van der Waals surface area (Å²) < 4.78 is 33.5. The number of imide groups is 1. The van der Waals surface area contributed by atoms with Gasteiger partial charge in [-0.25, -0.2) is 18.6 Å². The van der Waals surface area contributed by atoms with E-state index in [4.69, 9.17) is 5.10 Å². The predicted octanol–water partition coefficient (Wildman–Crippen LogP) is 7.42. The molecule has 2 aliphatic heterocycles. The number of imidazole rings is 1. The Labute approximate surface area is 341 Å². The van der Waals surface area contributed by atoms with Crippen molar-refractivity contribution in [2.45, 2.75) is 102 Å². The molecule has 0 radical (unpaired) electrons. The van der Waals surface area contributed by atoms with E-state index in [1.54, 1.807) is 47.4 Å². The molecule has 1 atom stereocenters. The van der Waals surface area contributed by atoms with Crippen LogP contribution in [0.15, 0.2) is 59.5 Å². The minimum absolute atomic E-state index is 0.0771. The Morgan fingerprint density at radius 3 is 2.47 bits per heavy atom. The average Bonchev–Trinajstić information content (AvgIpc) is 3.74. The molecular formula is C45H52F2N8O4. The van der Waals surface area contributed by atoms with E-state index in [2.05, 4.69) is 26.6 Å². The molecule has 12 nitrogen and oxygen atoms in total. The first-order chi connectivity index (χ1) is 28.4. The lowest BCUT2D eigenvalue weighted by Gasteiger charge is -2.53. The molecule has 59 heavy (non-hydrogen) atoms. The molecule has 310 valence electrons. The number of carbonyl (C=O) groups is 3. The fourth-order valence-corrected chi connectivity index (χ4v) is 10.7. The van der Waals surface area contributed by atoms with Gasteiger partial charge in [-0.15, -0.1) is 0 Å². The summed E-state index contributed by atoms with van der Waals surface area (Å²) in [5.41, 5.74) is 4.16. The molecule has 4 fully saturated rings. The lowest BCUT2D eigenvalue weighted by molar-refractivity contribution is -0.135. The Morgan fingerprint density at radius 1 is 0.983 bits per heavy atom. The van der Waals surface area contributed by atoms with Gasteiger partial charge in [0.2, 0.25) is 11.8 Å². The van der Waals surface area contributed by atoms with Crippen LogP contribution in [0.25, 0.3) is 21.9 Å². The number of fused-ring (bicyclic) bond motifs is 2. The van der Waals surface area contributed by atoms with Gasteiger partial charge in [-0.05, 0) is 144 Å². The number of rotatable bonds is 10. The maximum atomic E-state index is 14.1. The van der Waals surface area contributed by atoms with E-state index >= 15 is 0 Å². The molecule has 2 aromatic carbocycles. The molecule has 4 aliphatic rings. The highest BCUT2D eigenvalue weighted by molar-refractivity contribution is 6.04. The topological polar surface area (TPSA) is 136 Å². The number of piperidine rings is 2. The minimum Gasteiger partial charge on any atom is -0.320 e. The first-order valence-electron chi connectivity index (χ1n) is 21.2. The number of carbonyl (C=O) groups excluding carboxylic acids is 3. The number of amides is 3. The van der Waals surface area contributed by atoms with Crippen LogP contribution in [-0.4, -0.2) is 66.2 Å². The van der Waals surface area contributed by atoms with Crippen molar-refractivity contribution in [3.05, 3.63) is 87.7 Å². The van der Waals surface area contributed by atoms with Crippen molar-refractivity contribution in [1.29, 1.82) is 0 Å². The summed E-state index contributed by atoms with van der Waals surface area (Å²) in [7, 11) is 1.77. The van der Waals surface area contributed by atoms with Crippen LogP contribution in [0.3, 0.4) is 0 Å². The van der Waals surface area contributed by atoms with E-state index in [9.17, 15) is 28.0 Å². The number of aryl methyl sites for hydroxylation is 3. The summed E-state index contributed by atoms with van der Waals surface area (Å²) in [5, 5.41) is 10.5. The number of likely N-dealkylation sites (tertiary alicyclic amines) is 1. The van der Waals surface area contributed by atoms with E-state index in [1.165, 1.54) is 31.7 Å². The van der Waals surface area contributed by atoms with Crippen molar-refractivity contribution >= 4 is 45.3 Å². The Balaban J connectivity index is 0.749. The third kappa shape index (κ3) is 7.71. The fraction of sp³-hybridized carbons (Fsp3) is 0.511. The highest BCUT2D eigenvalue weighted by atomic mass is 19.3. The van der Waals surface area contributed by atoms with Crippen molar-refractivity contribution < 1.29 is 23.2 Å². The molecular weight excluding hydrogens is 755 g/mol. The van der Waals surface area contributed by atoms with Crippen LogP contribution in [0.4, 0.5) is 14.5 Å². The summed E-state index contributed by atoms with van der Waals surface area (Å²) in [5.74, 6) is 0.0717. The second kappa shape index (κ2) is 15.7. The van der Waals surface area contributed by atoms with Gasteiger partial charge in [0, 0.05) is 42.9 Å². The lowest BCUT2D eigenvalue weighted by atomic mass is 9.56. The third-order valence-electron chi connectivity index (χ3n) is 13.9. The maximum Gasteiger partial charge on any atom is 0.329 e. The summed E-state index contributed by atoms with van der Waals surface area (Å²) >= 11 is 0. The standard InChI is InChI=1S/C45H52F2N8O4/c1-27-5-3-7-34(48-27)42(57)49-36-21-31-26-54(51-35(31)22-33(36)41(46)47)32-13-10-28(11-14-32)25-53-19-17-45(18-20-53)23-29(24-45)9-12-30-6-4-8-37-40(30)52(2)44(59)55(37)38-15-16-39(56)50-43(38)58/h3-8,21-22,26,28-29,32,38,41H,9-20,23-25H2,1-2H3,(H,49,57)(H,50,56,58)/t28-,32-,38?. The van der Waals surface area contributed by atoms with Crippen LogP contribution in [0, 0.1) is 24.2 Å². The zero-order valence-corrected chi connectivity index (χ0v) is 33.8. The van der Waals surface area contributed by atoms with Crippen LogP contribution in [0.1, 0.15) is 116 Å². The maximum absolute atomic E-state index is 14.1. The Kier molecular flexibility index (Phi) is 10.5. The molecule has 3 amide bonds. The van der Waals surface area contributed by atoms with Gasteiger partial charge in [-0.2, -0.15) is 5.10 Å². The van der Waals surface area contributed by atoms with Crippen LogP contribution in [-0.2, 0) is 23.1 Å². The lowest BCUT2D eigenvalue weighted by Crippen LogP contribution is -2.48. The normalized spacial score (nSPS) is 22.6. The highest BCUT2D eigenvalue weighted by Gasteiger charge is 2.45. The molecule has 3 aromatic heterocycles. The van der Waals surface area contributed by atoms with Crippen molar-refractivity contribution in [3.8, 4) is 0 Å². The number of alkyl halides is 2. The van der Waals surface area contributed by atoms with Gasteiger partial charge in [0.1, 0.15) is 11.7 Å². The highest BCUT2D eigenvalue weighted by Crippen LogP contribution is 2.54. The SMILES string of the molecule is Cc1cccc(C(=O)Nc2cc3cn([C@H]4CC[C@H](CN5CCC6(CC5)CC(CCc5cccc7c5n(C)c(=O)n7C5CCC(=O)NC5=O)C6)CC4)nc3cc2C(F)F)n1. The molecule has 2 aliphatic carbocycles. The van der Waals surface area contributed by atoms with E-state index in [1.807, 2.05) is 23.0 Å². The smallest absolute Gasteiger partial charge is 0.320 e. The van der Waals surface area contributed by atoms with E-state index in [0.29, 0.717) is 34.9 Å². The largest absolute Gasteiger partial charge is 0.329 e. The molecule has 1 unspecified atom stereocenters. The van der Waals surface area contributed by atoms with Crippen molar-refractivity contribution in [2.24, 2.45) is 24.3 Å². The molecule has 14 heteroatoms. The number of hydrogen-bond donors (Lipinski definition) is 2. The molecule has 2 saturated heterocycles. The van der Waals surface area contributed by atoms with E-state index in [0.717, 1.165) is 80.1 Å². The number of hydrogen-bond acceptors (Lipinski definition) is 7. The van der Waals surface area contributed by atoms with Crippen LogP contribution in [0.2, 0.25) is 0 Å². The van der Waals surface area contributed by atoms with Gasteiger partial charge in [-0.3, -0.25) is 33.5 Å². The number of nitrogens with one attached hydrogen (secondary N) is 2. The zero-order chi connectivity index (χ0) is 41.0. The Bertz CT molecular complexity index is 2480. The first kappa shape index (κ1) is 39.2. The quantitative estimate of drug-likeness (QED) is 0.140. The van der Waals surface area contributed by atoms with E-state index < -0.39 is 24.3 Å². The zero-order valence-electron chi connectivity index (χ0n) is 33.8. The minimum atomic E-state index is -2.77. The van der Waals surface area contributed by atoms with Crippen molar-refractivity contribution in [1.82, 2.24) is 34.1 Å². The number of benzene rings is 2. The number of anilines is 1.